The Balaban J connectivity index is 1.85. The van der Waals surface area contributed by atoms with Crippen LogP contribution in [-0.2, 0) is 6.54 Å². The van der Waals surface area contributed by atoms with Crippen LogP contribution in [0, 0.1) is 12.8 Å². The third-order valence-corrected chi connectivity index (χ3v) is 3.88. The first-order valence-corrected chi connectivity index (χ1v) is 6.85. The predicted octanol–water partition coefficient (Wildman–Crippen LogP) is 3.23. The van der Waals surface area contributed by atoms with E-state index in [4.69, 9.17) is 5.11 Å². The topological polar surface area (TPSA) is 55.1 Å². The van der Waals surface area contributed by atoms with Gasteiger partial charge in [-0.3, -0.25) is 0 Å². The third kappa shape index (κ3) is 2.48. The molecule has 1 aliphatic carbocycles. The number of rotatable bonds is 5. The zero-order valence-corrected chi connectivity index (χ0v) is 11.1. The minimum absolute atomic E-state index is 0.301. The quantitative estimate of drug-likeness (QED) is 0.895. The second kappa shape index (κ2) is 4.68. The van der Waals surface area contributed by atoms with E-state index in [9.17, 15) is 4.79 Å². The van der Waals surface area contributed by atoms with Crippen molar-refractivity contribution in [2.45, 2.75) is 39.2 Å². The van der Waals surface area contributed by atoms with Crippen LogP contribution in [-0.4, -0.2) is 20.6 Å². The monoisotopic (exact) mass is 258 g/mol. The van der Waals surface area contributed by atoms with Gasteiger partial charge < -0.3 is 9.67 Å². The molecule has 3 rings (SSSR count). The molecule has 0 unspecified atom stereocenters. The molecular formula is C15H18N2O2. The molecule has 0 aliphatic heterocycles. The highest BCUT2D eigenvalue weighted by molar-refractivity contribution is 5.92. The molecule has 1 N–H and O–H groups in total. The second-order valence-corrected chi connectivity index (χ2v) is 5.40. The van der Waals surface area contributed by atoms with E-state index in [-0.39, 0.29) is 0 Å². The fourth-order valence-corrected chi connectivity index (χ4v) is 2.61. The van der Waals surface area contributed by atoms with Crippen molar-refractivity contribution < 1.29 is 9.90 Å². The summed E-state index contributed by atoms with van der Waals surface area (Å²) in [5, 5.41) is 9.00. The standard InChI is InChI=1S/C15H18N2O2/c1-10-16-13-9-12(15(18)19)6-7-14(13)17(10)8-2-3-11-4-5-11/h6-7,9,11H,2-5,8H2,1H3,(H,18,19). The van der Waals surface area contributed by atoms with Gasteiger partial charge in [0.1, 0.15) is 5.82 Å². The fourth-order valence-electron chi connectivity index (χ4n) is 2.61. The van der Waals surface area contributed by atoms with E-state index in [0.717, 1.165) is 29.3 Å². The van der Waals surface area contributed by atoms with Crippen molar-refractivity contribution in [3.8, 4) is 0 Å². The first-order valence-electron chi connectivity index (χ1n) is 6.85. The van der Waals surface area contributed by atoms with Gasteiger partial charge in [0.05, 0.1) is 16.6 Å². The predicted molar refractivity (Wildman–Crippen MR) is 73.4 cm³/mol. The Morgan fingerprint density at radius 3 is 2.95 bits per heavy atom. The largest absolute Gasteiger partial charge is 0.478 e. The molecular weight excluding hydrogens is 240 g/mol. The SMILES string of the molecule is Cc1nc2cc(C(=O)O)ccc2n1CCCC1CC1. The Bertz CT molecular complexity index is 626. The number of aryl methyl sites for hydroxylation is 2. The summed E-state index contributed by atoms with van der Waals surface area (Å²) in [6, 6.07) is 5.18. The van der Waals surface area contributed by atoms with Crippen molar-refractivity contribution in [1.82, 2.24) is 9.55 Å². The van der Waals surface area contributed by atoms with Crippen molar-refractivity contribution in [1.29, 1.82) is 0 Å². The number of carbonyl (C=O) groups is 1. The van der Waals surface area contributed by atoms with Crippen LogP contribution in [0.25, 0.3) is 11.0 Å². The van der Waals surface area contributed by atoms with Gasteiger partial charge in [-0.2, -0.15) is 0 Å². The molecule has 0 atom stereocenters. The van der Waals surface area contributed by atoms with Gasteiger partial charge in [-0.15, -0.1) is 0 Å². The van der Waals surface area contributed by atoms with Crippen molar-refractivity contribution in [2.75, 3.05) is 0 Å². The second-order valence-electron chi connectivity index (χ2n) is 5.40. The molecule has 0 spiro atoms. The summed E-state index contributed by atoms with van der Waals surface area (Å²) in [6.45, 7) is 2.96. The Hall–Kier alpha value is -1.84. The summed E-state index contributed by atoms with van der Waals surface area (Å²) >= 11 is 0. The lowest BCUT2D eigenvalue weighted by Crippen LogP contribution is -2.01. The number of aromatic nitrogens is 2. The normalized spacial score (nSPS) is 15.0. The number of carboxylic acids is 1. The van der Waals surface area contributed by atoms with Gasteiger partial charge in [0.25, 0.3) is 0 Å². The smallest absolute Gasteiger partial charge is 0.335 e. The molecule has 1 fully saturated rings. The van der Waals surface area contributed by atoms with E-state index in [0.29, 0.717) is 5.56 Å². The first-order chi connectivity index (χ1) is 9.15. The van der Waals surface area contributed by atoms with E-state index < -0.39 is 5.97 Å². The molecule has 4 nitrogen and oxygen atoms in total. The van der Waals surface area contributed by atoms with Crippen LogP contribution in [0.2, 0.25) is 0 Å². The molecule has 0 radical (unpaired) electrons. The number of fused-ring (bicyclic) bond motifs is 1. The van der Waals surface area contributed by atoms with Crippen molar-refractivity contribution in [2.24, 2.45) is 5.92 Å². The van der Waals surface area contributed by atoms with Crippen molar-refractivity contribution >= 4 is 17.0 Å². The highest BCUT2D eigenvalue weighted by Crippen LogP contribution is 2.33. The average molecular weight is 258 g/mol. The maximum atomic E-state index is 11.0. The highest BCUT2D eigenvalue weighted by atomic mass is 16.4. The summed E-state index contributed by atoms with van der Waals surface area (Å²) in [6.07, 6.45) is 5.27. The molecule has 0 amide bonds. The van der Waals surface area contributed by atoms with Crippen LogP contribution in [0.4, 0.5) is 0 Å². The lowest BCUT2D eigenvalue weighted by Gasteiger charge is -2.06. The van der Waals surface area contributed by atoms with E-state index in [2.05, 4.69) is 9.55 Å². The number of nitrogens with zero attached hydrogens (tertiary/aromatic N) is 2. The molecule has 1 aliphatic rings. The Kier molecular flexibility index (Phi) is 3.01. The average Bonchev–Trinajstić information content (AvgIpc) is 3.13. The molecule has 2 aromatic rings. The van der Waals surface area contributed by atoms with Gasteiger partial charge in [0.15, 0.2) is 0 Å². The lowest BCUT2D eigenvalue weighted by molar-refractivity contribution is 0.0697. The molecule has 4 heteroatoms. The maximum absolute atomic E-state index is 11.0. The van der Waals surface area contributed by atoms with Crippen LogP contribution >= 0.6 is 0 Å². The molecule has 0 bridgehead atoms. The van der Waals surface area contributed by atoms with Crippen LogP contribution in [0.15, 0.2) is 18.2 Å². The maximum Gasteiger partial charge on any atom is 0.335 e. The zero-order valence-electron chi connectivity index (χ0n) is 11.1. The minimum Gasteiger partial charge on any atom is -0.478 e. The van der Waals surface area contributed by atoms with Gasteiger partial charge in [-0.25, -0.2) is 9.78 Å². The lowest BCUT2D eigenvalue weighted by atomic mass is 10.2. The number of hydrogen-bond acceptors (Lipinski definition) is 2. The van der Waals surface area contributed by atoms with E-state index in [1.807, 2.05) is 13.0 Å². The van der Waals surface area contributed by atoms with Gasteiger partial charge in [0, 0.05) is 6.54 Å². The molecule has 1 aromatic carbocycles. The number of hydrogen-bond donors (Lipinski definition) is 1. The van der Waals surface area contributed by atoms with Crippen LogP contribution < -0.4 is 0 Å². The van der Waals surface area contributed by atoms with Gasteiger partial charge in [-0.1, -0.05) is 12.8 Å². The Morgan fingerprint density at radius 1 is 1.47 bits per heavy atom. The Labute approximate surface area is 112 Å². The highest BCUT2D eigenvalue weighted by Gasteiger charge is 2.20. The number of carboxylic acid groups (broad SMARTS) is 1. The minimum atomic E-state index is -0.900. The molecule has 0 saturated heterocycles. The fraction of sp³-hybridized carbons (Fsp3) is 0.467. The summed E-state index contributed by atoms with van der Waals surface area (Å²) in [7, 11) is 0. The van der Waals surface area contributed by atoms with Crippen LogP contribution in [0.1, 0.15) is 41.9 Å². The third-order valence-electron chi connectivity index (χ3n) is 3.88. The summed E-state index contributed by atoms with van der Waals surface area (Å²) in [5.74, 6) is 1.02. The van der Waals surface area contributed by atoms with E-state index >= 15 is 0 Å². The van der Waals surface area contributed by atoms with Crippen molar-refractivity contribution in [3.63, 3.8) is 0 Å². The number of imidazole rings is 1. The zero-order chi connectivity index (χ0) is 13.4. The molecule has 19 heavy (non-hydrogen) atoms. The first kappa shape index (κ1) is 12.2. The van der Waals surface area contributed by atoms with Gasteiger partial charge >= 0.3 is 5.97 Å². The summed E-state index contributed by atoms with van der Waals surface area (Å²) in [4.78, 5) is 15.4. The van der Waals surface area contributed by atoms with E-state index in [1.165, 1.54) is 25.7 Å². The van der Waals surface area contributed by atoms with Crippen molar-refractivity contribution in [3.05, 3.63) is 29.6 Å². The molecule has 100 valence electrons. The molecule has 1 saturated carbocycles. The van der Waals surface area contributed by atoms with Gasteiger partial charge in [-0.05, 0) is 43.9 Å². The summed E-state index contributed by atoms with van der Waals surface area (Å²) < 4.78 is 2.20. The van der Waals surface area contributed by atoms with Gasteiger partial charge in [0.2, 0.25) is 0 Å². The number of benzene rings is 1. The Morgan fingerprint density at radius 2 is 2.26 bits per heavy atom. The summed E-state index contributed by atoms with van der Waals surface area (Å²) in [5.41, 5.74) is 2.12. The molecule has 1 heterocycles. The van der Waals surface area contributed by atoms with Crippen LogP contribution in [0.3, 0.4) is 0 Å². The van der Waals surface area contributed by atoms with E-state index in [1.54, 1.807) is 12.1 Å². The van der Waals surface area contributed by atoms with Crippen LogP contribution in [0.5, 0.6) is 0 Å². The molecule has 1 aromatic heterocycles. The number of aromatic carboxylic acids is 1.